The van der Waals surface area contributed by atoms with Crippen molar-refractivity contribution in [2.75, 3.05) is 64.8 Å². The summed E-state index contributed by atoms with van der Waals surface area (Å²) in [7, 11) is 9.12. The lowest BCUT2D eigenvalue weighted by Gasteiger charge is -2.28. The summed E-state index contributed by atoms with van der Waals surface area (Å²) >= 11 is 0. The number of amides is 1. The van der Waals surface area contributed by atoms with Crippen LogP contribution in [0, 0.1) is 0 Å². The SMILES string of the molecule is COc1ccc(N(CCN(C)C)CC(=O)N(C)c2ccc(OC)cc2)cc1. The third-order valence-corrected chi connectivity index (χ3v) is 4.41. The second-order valence-corrected chi connectivity index (χ2v) is 6.57. The molecule has 0 aromatic heterocycles. The fourth-order valence-electron chi connectivity index (χ4n) is 2.63. The highest BCUT2D eigenvalue weighted by Gasteiger charge is 2.17. The fourth-order valence-corrected chi connectivity index (χ4v) is 2.63. The molecule has 0 heterocycles. The van der Waals surface area contributed by atoms with E-state index in [1.807, 2.05) is 62.6 Å². The molecular weight excluding hydrogens is 342 g/mol. The topological polar surface area (TPSA) is 45.2 Å². The lowest BCUT2D eigenvalue weighted by atomic mass is 10.2. The van der Waals surface area contributed by atoms with E-state index in [-0.39, 0.29) is 5.91 Å². The van der Waals surface area contributed by atoms with E-state index in [0.717, 1.165) is 36.0 Å². The number of benzene rings is 2. The minimum absolute atomic E-state index is 0.0229. The van der Waals surface area contributed by atoms with E-state index in [9.17, 15) is 4.79 Å². The highest BCUT2D eigenvalue weighted by atomic mass is 16.5. The molecule has 1 amide bonds. The lowest BCUT2D eigenvalue weighted by molar-refractivity contribution is -0.117. The predicted octanol–water partition coefficient (Wildman–Crippen LogP) is 2.73. The summed E-state index contributed by atoms with van der Waals surface area (Å²) in [6.07, 6.45) is 0. The normalized spacial score (nSPS) is 10.6. The molecular formula is C21H29N3O3. The van der Waals surface area contributed by atoms with Crippen LogP contribution < -0.4 is 19.3 Å². The molecule has 0 aliphatic rings. The third kappa shape index (κ3) is 5.89. The molecule has 6 nitrogen and oxygen atoms in total. The van der Waals surface area contributed by atoms with E-state index < -0.39 is 0 Å². The molecule has 0 spiro atoms. The van der Waals surface area contributed by atoms with Crippen molar-refractivity contribution < 1.29 is 14.3 Å². The van der Waals surface area contributed by atoms with Gasteiger partial charge in [-0.3, -0.25) is 4.79 Å². The molecule has 0 atom stereocenters. The molecule has 0 N–H and O–H groups in total. The molecule has 0 saturated heterocycles. The number of hydrogen-bond acceptors (Lipinski definition) is 5. The lowest BCUT2D eigenvalue weighted by Crippen LogP contribution is -2.41. The molecule has 0 fully saturated rings. The summed E-state index contributed by atoms with van der Waals surface area (Å²) in [5.74, 6) is 1.59. The Bertz CT molecular complexity index is 714. The molecule has 2 aromatic rings. The van der Waals surface area contributed by atoms with Crippen LogP contribution in [0.1, 0.15) is 0 Å². The minimum atomic E-state index is 0.0229. The Balaban J connectivity index is 2.12. The third-order valence-electron chi connectivity index (χ3n) is 4.41. The van der Waals surface area contributed by atoms with Crippen LogP contribution in [-0.4, -0.2) is 65.8 Å². The molecule has 6 heteroatoms. The number of carbonyl (C=O) groups is 1. The highest BCUT2D eigenvalue weighted by Crippen LogP contribution is 2.21. The van der Waals surface area contributed by atoms with Crippen LogP contribution in [0.15, 0.2) is 48.5 Å². The van der Waals surface area contributed by atoms with Gasteiger partial charge in [-0.15, -0.1) is 0 Å². The molecule has 0 aliphatic carbocycles. The number of ether oxygens (including phenoxy) is 2. The van der Waals surface area contributed by atoms with Crippen molar-refractivity contribution in [3.05, 3.63) is 48.5 Å². The van der Waals surface area contributed by atoms with Crippen LogP contribution in [-0.2, 0) is 4.79 Å². The van der Waals surface area contributed by atoms with Gasteiger partial charge < -0.3 is 24.2 Å². The quantitative estimate of drug-likeness (QED) is 0.678. The summed E-state index contributed by atoms with van der Waals surface area (Å²) < 4.78 is 10.4. The van der Waals surface area contributed by atoms with Crippen LogP contribution in [0.2, 0.25) is 0 Å². The number of hydrogen-bond donors (Lipinski definition) is 0. The Morgan fingerprint density at radius 2 is 1.26 bits per heavy atom. The first kappa shape index (κ1) is 20.6. The highest BCUT2D eigenvalue weighted by molar-refractivity contribution is 5.96. The van der Waals surface area contributed by atoms with Gasteiger partial charge in [0.2, 0.25) is 5.91 Å². The van der Waals surface area contributed by atoms with Gasteiger partial charge in [0.25, 0.3) is 0 Å². The van der Waals surface area contributed by atoms with Gasteiger partial charge in [0.1, 0.15) is 11.5 Å². The monoisotopic (exact) mass is 371 g/mol. The molecule has 146 valence electrons. The van der Waals surface area contributed by atoms with Gasteiger partial charge in [-0.1, -0.05) is 0 Å². The van der Waals surface area contributed by atoms with Gasteiger partial charge in [-0.25, -0.2) is 0 Å². The molecule has 0 bridgehead atoms. The van der Waals surface area contributed by atoms with Gasteiger partial charge in [-0.05, 0) is 62.6 Å². The smallest absolute Gasteiger partial charge is 0.246 e. The first-order valence-corrected chi connectivity index (χ1v) is 8.89. The van der Waals surface area contributed by atoms with E-state index in [4.69, 9.17) is 9.47 Å². The zero-order valence-corrected chi connectivity index (χ0v) is 16.8. The van der Waals surface area contributed by atoms with Gasteiger partial charge in [0.05, 0.1) is 20.8 Å². The maximum atomic E-state index is 12.9. The van der Waals surface area contributed by atoms with Crippen LogP contribution >= 0.6 is 0 Å². The maximum Gasteiger partial charge on any atom is 0.246 e. The molecule has 2 aromatic carbocycles. The van der Waals surface area contributed by atoms with Gasteiger partial charge in [-0.2, -0.15) is 0 Å². The predicted molar refractivity (Wildman–Crippen MR) is 110 cm³/mol. The van der Waals surface area contributed by atoms with E-state index in [0.29, 0.717) is 6.54 Å². The van der Waals surface area contributed by atoms with Crippen molar-refractivity contribution in [2.24, 2.45) is 0 Å². The first-order valence-electron chi connectivity index (χ1n) is 8.89. The van der Waals surface area contributed by atoms with Crippen molar-refractivity contribution in [3.63, 3.8) is 0 Å². The number of carbonyl (C=O) groups excluding carboxylic acids is 1. The summed E-state index contributed by atoms with van der Waals surface area (Å²) in [5.41, 5.74) is 1.83. The standard InChI is InChI=1S/C21H29N3O3/c1-22(2)14-15-24(18-8-12-20(27-5)13-9-18)16-21(25)23(3)17-6-10-19(26-4)11-7-17/h6-13H,14-16H2,1-5H3. The second kappa shape index (κ2) is 9.83. The minimum Gasteiger partial charge on any atom is -0.497 e. The Hall–Kier alpha value is -2.73. The van der Waals surface area contributed by atoms with Crippen LogP contribution in [0.5, 0.6) is 11.5 Å². The van der Waals surface area contributed by atoms with Crippen LogP contribution in [0.3, 0.4) is 0 Å². The van der Waals surface area contributed by atoms with Gasteiger partial charge in [0, 0.05) is 31.5 Å². The van der Waals surface area contributed by atoms with Crippen LogP contribution in [0.25, 0.3) is 0 Å². The number of rotatable bonds is 9. The van der Waals surface area contributed by atoms with Crippen molar-refractivity contribution in [2.45, 2.75) is 0 Å². The molecule has 27 heavy (non-hydrogen) atoms. The second-order valence-electron chi connectivity index (χ2n) is 6.57. The molecule has 0 saturated carbocycles. The number of nitrogens with zero attached hydrogens (tertiary/aromatic N) is 3. The van der Waals surface area contributed by atoms with Crippen molar-refractivity contribution >= 4 is 17.3 Å². The fraction of sp³-hybridized carbons (Fsp3) is 0.381. The Morgan fingerprint density at radius 1 is 0.778 bits per heavy atom. The number of anilines is 2. The Morgan fingerprint density at radius 3 is 1.70 bits per heavy atom. The Labute approximate surface area is 161 Å². The van der Waals surface area contributed by atoms with Gasteiger partial charge in [0.15, 0.2) is 0 Å². The average molecular weight is 371 g/mol. The Kier molecular flexibility index (Phi) is 7.49. The molecule has 0 unspecified atom stereocenters. The van der Waals surface area contributed by atoms with Crippen molar-refractivity contribution in [1.82, 2.24) is 4.90 Å². The van der Waals surface area contributed by atoms with Crippen molar-refractivity contribution in [3.8, 4) is 11.5 Å². The van der Waals surface area contributed by atoms with Crippen molar-refractivity contribution in [1.29, 1.82) is 0 Å². The van der Waals surface area contributed by atoms with E-state index in [1.54, 1.807) is 26.2 Å². The average Bonchev–Trinajstić information content (AvgIpc) is 2.70. The zero-order chi connectivity index (χ0) is 19.8. The summed E-state index contributed by atoms with van der Waals surface area (Å²) in [5, 5.41) is 0. The van der Waals surface area contributed by atoms with E-state index in [1.165, 1.54) is 0 Å². The molecule has 0 aliphatic heterocycles. The maximum absolute atomic E-state index is 12.9. The summed E-state index contributed by atoms with van der Waals surface area (Å²) in [6.45, 7) is 1.90. The van der Waals surface area contributed by atoms with E-state index >= 15 is 0 Å². The van der Waals surface area contributed by atoms with Crippen LogP contribution in [0.4, 0.5) is 11.4 Å². The number of likely N-dealkylation sites (N-methyl/N-ethyl adjacent to an activating group) is 2. The largest absolute Gasteiger partial charge is 0.497 e. The molecule has 2 rings (SSSR count). The van der Waals surface area contributed by atoms with E-state index in [2.05, 4.69) is 9.80 Å². The molecule has 0 radical (unpaired) electrons. The first-order chi connectivity index (χ1) is 12.9. The summed E-state index contributed by atoms with van der Waals surface area (Å²) in [4.78, 5) is 18.7. The number of methoxy groups -OCH3 is 2. The summed E-state index contributed by atoms with van der Waals surface area (Å²) in [6, 6.07) is 15.3. The van der Waals surface area contributed by atoms with Gasteiger partial charge >= 0.3 is 0 Å². The zero-order valence-electron chi connectivity index (χ0n) is 16.8.